The predicted molar refractivity (Wildman–Crippen MR) is 88.7 cm³/mol. The molecule has 0 bridgehead atoms. The lowest BCUT2D eigenvalue weighted by Crippen LogP contribution is -2.56. The van der Waals surface area contributed by atoms with E-state index in [0.717, 1.165) is 12.8 Å². The maximum atomic E-state index is 12.0. The molecule has 3 atom stereocenters. The van der Waals surface area contributed by atoms with Crippen molar-refractivity contribution in [2.75, 3.05) is 0 Å². The number of nitrogens with one attached hydrogen (secondary N) is 1. The minimum Gasteiger partial charge on any atom is -0.444 e. The van der Waals surface area contributed by atoms with Crippen LogP contribution in [0.5, 0.6) is 0 Å². The highest BCUT2D eigenvalue weighted by molar-refractivity contribution is 5.68. The Balaban J connectivity index is 2.80. The number of carbonyl (C=O) groups is 1. The Morgan fingerprint density at radius 1 is 1.48 bits per heavy atom. The summed E-state index contributed by atoms with van der Waals surface area (Å²) in [6, 6.07) is 1.35. The average molecular weight is 323 g/mol. The standard InChI is InChI=1S/C17H29N3O3/c1-6-12(7-2)22-14-9-11(10-18)8-13(15(14)19)20-16(21)23-17(3,4)5/h9,12-15H,6-8,19H2,1-5H3,(H,20,21). The van der Waals surface area contributed by atoms with Crippen LogP contribution in [0.2, 0.25) is 0 Å². The molecule has 0 aromatic rings. The zero-order valence-electron chi connectivity index (χ0n) is 14.8. The van der Waals surface area contributed by atoms with Gasteiger partial charge in [-0.2, -0.15) is 5.26 Å². The summed E-state index contributed by atoms with van der Waals surface area (Å²) >= 11 is 0. The number of ether oxygens (including phenoxy) is 2. The van der Waals surface area contributed by atoms with Gasteiger partial charge in [0.1, 0.15) is 5.60 Å². The molecule has 0 spiro atoms. The lowest BCUT2D eigenvalue weighted by molar-refractivity contribution is -0.0131. The molecule has 0 fully saturated rings. The number of alkyl carbamates (subject to hydrolysis) is 1. The van der Waals surface area contributed by atoms with Gasteiger partial charge in [-0.3, -0.25) is 0 Å². The number of nitrogens with zero attached hydrogens (tertiary/aromatic N) is 1. The number of hydrogen-bond donors (Lipinski definition) is 2. The third kappa shape index (κ3) is 6.20. The molecule has 6 heteroatoms. The summed E-state index contributed by atoms with van der Waals surface area (Å²) in [7, 11) is 0. The molecule has 1 rings (SSSR count). The maximum Gasteiger partial charge on any atom is 0.407 e. The highest BCUT2D eigenvalue weighted by Gasteiger charge is 2.34. The Hall–Kier alpha value is -1.58. The Kier molecular flexibility index (Phi) is 7.04. The Labute approximate surface area is 139 Å². The van der Waals surface area contributed by atoms with E-state index < -0.39 is 17.7 Å². The van der Waals surface area contributed by atoms with E-state index >= 15 is 0 Å². The quantitative estimate of drug-likeness (QED) is 0.810. The predicted octanol–water partition coefficient (Wildman–Crippen LogP) is 2.63. The van der Waals surface area contributed by atoms with Gasteiger partial charge in [0.2, 0.25) is 0 Å². The fraction of sp³-hybridized carbons (Fsp3) is 0.765. The molecule has 0 aliphatic heterocycles. The van der Waals surface area contributed by atoms with Crippen molar-refractivity contribution in [2.45, 2.75) is 83.8 Å². The van der Waals surface area contributed by atoms with Crippen LogP contribution < -0.4 is 11.1 Å². The van der Waals surface area contributed by atoms with Crippen LogP contribution in [0.15, 0.2) is 11.6 Å². The van der Waals surface area contributed by atoms with Gasteiger partial charge in [0.25, 0.3) is 0 Å². The minimum absolute atomic E-state index is 0.0857. The molecular weight excluding hydrogens is 294 g/mol. The Bertz CT molecular complexity index is 472. The summed E-state index contributed by atoms with van der Waals surface area (Å²) < 4.78 is 11.3. The molecule has 23 heavy (non-hydrogen) atoms. The Morgan fingerprint density at radius 2 is 2.09 bits per heavy atom. The second-order valence-corrected chi connectivity index (χ2v) is 6.88. The first-order valence-electron chi connectivity index (χ1n) is 8.21. The number of hydrogen-bond acceptors (Lipinski definition) is 5. The number of nitrogens with two attached hydrogens (primary N) is 1. The van der Waals surface area contributed by atoms with E-state index in [1.54, 1.807) is 26.8 Å². The van der Waals surface area contributed by atoms with Gasteiger partial charge < -0.3 is 20.5 Å². The van der Waals surface area contributed by atoms with Crippen molar-refractivity contribution in [2.24, 2.45) is 5.73 Å². The second-order valence-electron chi connectivity index (χ2n) is 6.88. The Morgan fingerprint density at radius 3 is 2.57 bits per heavy atom. The van der Waals surface area contributed by atoms with Crippen LogP contribution in [0.25, 0.3) is 0 Å². The van der Waals surface area contributed by atoms with Crippen LogP contribution in [0, 0.1) is 11.3 Å². The summed E-state index contributed by atoms with van der Waals surface area (Å²) in [5.41, 5.74) is 6.25. The molecule has 130 valence electrons. The fourth-order valence-electron chi connectivity index (χ4n) is 2.50. The van der Waals surface area contributed by atoms with Crippen LogP contribution in [-0.2, 0) is 9.47 Å². The molecule has 0 saturated carbocycles. The van der Waals surface area contributed by atoms with Crippen LogP contribution in [-0.4, -0.2) is 36.0 Å². The zero-order chi connectivity index (χ0) is 17.6. The molecule has 1 amide bonds. The first-order valence-corrected chi connectivity index (χ1v) is 8.21. The summed E-state index contributed by atoms with van der Waals surface area (Å²) in [5, 5.41) is 12.0. The van der Waals surface area contributed by atoms with Gasteiger partial charge in [0, 0.05) is 12.0 Å². The van der Waals surface area contributed by atoms with Crippen LogP contribution >= 0.6 is 0 Å². The molecule has 0 radical (unpaired) electrons. The first-order chi connectivity index (χ1) is 10.7. The number of rotatable bonds is 5. The fourth-order valence-corrected chi connectivity index (χ4v) is 2.50. The molecule has 3 N–H and O–H groups in total. The normalized spacial score (nSPS) is 24.8. The molecular formula is C17H29N3O3. The highest BCUT2D eigenvalue weighted by Crippen LogP contribution is 2.23. The van der Waals surface area contributed by atoms with Crippen LogP contribution in [0.1, 0.15) is 53.9 Å². The minimum atomic E-state index is -0.581. The van der Waals surface area contributed by atoms with Crippen molar-refractivity contribution in [3.8, 4) is 6.07 Å². The molecule has 0 aromatic heterocycles. The monoisotopic (exact) mass is 323 g/mol. The summed E-state index contributed by atoms with van der Waals surface area (Å²) in [5.74, 6) is 0. The van der Waals surface area contributed by atoms with Crippen molar-refractivity contribution in [3.63, 3.8) is 0 Å². The van der Waals surface area contributed by atoms with Gasteiger partial charge in [-0.15, -0.1) is 0 Å². The summed E-state index contributed by atoms with van der Waals surface area (Å²) in [6.45, 7) is 9.49. The van der Waals surface area contributed by atoms with Gasteiger partial charge in [0.15, 0.2) is 0 Å². The lowest BCUT2D eigenvalue weighted by atomic mass is 9.89. The molecule has 6 nitrogen and oxygen atoms in total. The van der Waals surface area contributed by atoms with E-state index in [1.165, 1.54) is 0 Å². The van der Waals surface area contributed by atoms with Gasteiger partial charge in [0.05, 0.1) is 30.4 Å². The van der Waals surface area contributed by atoms with Crippen molar-refractivity contribution in [3.05, 3.63) is 11.6 Å². The zero-order valence-corrected chi connectivity index (χ0v) is 14.8. The largest absolute Gasteiger partial charge is 0.444 e. The summed E-state index contributed by atoms with van der Waals surface area (Å²) in [4.78, 5) is 12.0. The first kappa shape index (κ1) is 19.5. The van der Waals surface area contributed by atoms with E-state index in [1.807, 2.05) is 13.8 Å². The van der Waals surface area contributed by atoms with Gasteiger partial charge in [-0.1, -0.05) is 13.8 Å². The lowest BCUT2D eigenvalue weighted by Gasteiger charge is -2.35. The topological polar surface area (TPSA) is 97.4 Å². The van der Waals surface area contributed by atoms with Crippen molar-refractivity contribution >= 4 is 6.09 Å². The van der Waals surface area contributed by atoms with Crippen molar-refractivity contribution in [1.29, 1.82) is 5.26 Å². The van der Waals surface area contributed by atoms with E-state index in [9.17, 15) is 10.1 Å². The molecule has 1 aliphatic carbocycles. The molecule has 0 heterocycles. The van der Waals surface area contributed by atoms with E-state index in [-0.39, 0.29) is 18.2 Å². The number of carbonyl (C=O) groups excluding carboxylic acids is 1. The van der Waals surface area contributed by atoms with Crippen LogP contribution in [0.3, 0.4) is 0 Å². The van der Waals surface area contributed by atoms with Gasteiger partial charge >= 0.3 is 6.09 Å². The average Bonchev–Trinajstić information content (AvgIpc) is 2.46. The van der Waals surface area contributed by atoms with Crippen molar-refractivity contribution in [1.82, 2.24) is 5.32 Å². The second kappa shape index (κ2) is 8.32. The highest BCUT2D eigenvalue weighted by atomic mass is 16.6. The third-order valence-electron chi connectivity index (χ3n) is 3.76. The molecule has 0 saturated heterocycles. The van der Waals surface area contributed by atoms with Gasteiger partial charge in [-0.25, -0.2) is 4.79 Å². The van der Waals surface area contributed by atoms with Gasteiger partial charge in [-0.05, 0) is 39.7 Å². The molecule has 0 aromatic carbocycles. The number of nitriles is 1. The van der Waals surface area contributed by atoms with E-state index in [2.05, 4.69) is 11.4 Å². The molecule has 1 aliphatic rings. The van der Waals surface area contributed by atoms with Crippen molar-refractivity contribution < 1.29 is 14.3 Å². The molecule has 3 unspecified atom stereocenters. The summed E-state index contributed by atoms with van der Waals surface area (Å²) in [6.07, 6.45) is 3.08. The number of amides is 1. The smallest absolute Gasteiger partial charge is 0.407 e. The third-order valence-corrected chi connectivity index (χ3v) is 3.76. The van der Waals surface area contributed by atoms with E-state index in [4.69, 9.17) is 15.2 Å². The maximum absolute atomic E-state index is 12.0. The SMILES string of the molecule is CCC(CC)OC1C=C(C#N)CC(NC(=O)OC(C)(C)C)C1N. The van der Waals surface area contributed by atoms with E-state index in [0.29, 0.717) is 12.0 Å². The van der Waals surface area contributed by atoms with Crippen LogP contribution in [0.4, 0.5) is 4.79 Å².